The molecule has 0 unspecified atom stereocenters. The lowest BCUT2D eigenvalue weighted by molar-refractivity contribution is -0.138. The molecule has 0 aliphatic carbocycles. The van der Waals surface area contributed by atoms with E-state index in [0.717, 1.165) is 24.1 Å². The molecule has 2 amide bonds. The Morgan fingerprint density at radius 3 is 2.36 bits per heavy atom. The van der Waals surface area contributed by atoms with Gasteiger partial charge in [0.25, 0.3) is 0 Å². The number of aliphatic carboxylic acids is 1. The number of carbonyl (C=O) groups excluding carboxylic acids is 2. The highest BCUT2D eigenvalue weighted by Crippen LogP contribution is 2.14. The molecule has 0 atom stereocenters. The van der Waals surface area contributed by atoms with E-state index < -0.39 is 5.97 Å². The van der Waals surface area contributed by atoms with Gasteiger partial charge in [0, 0.05) is 5.69 Å². The van der Waals surface area contributed by atoms with Crippen molar-refractivity contribution in [1.82, 2.24) is 10.2 Å². The third kappa shape index (κ3) is 9.07. The molecule has 0 bridgehead atoms. The third-order valence-corrected chi connectivity index (χ3v) is 3.38. The lowest BCUT2D eigenvalue weighted by atomic mass is 10.1. The molecule has 0 aromatic heterocycles. The number of nitrogens with zero attached hydrogens (tertiary/aromatic N) is 1. The fourth-order valence-electron chi connectivity index (χ4n) is 2.30. The molecule has 0 radical (unpaired) electrons. The first-order valence-corrected chi connectivity index (χ1v) is 8.04. The number of carboxylic acid groups (broad SMARTS) is 1. The molecule has 7 nitrogen and oxygen atoms in total. The molecule has 0 aliphatic rings. The number of benzene rings is 1. The van der Waals surface area contributed by atoms with Gasteiger partial charge in [-0.2, -0.15) is 0 Å². The summed E-state index contributed by atoms with van der Waals surface area (Å²) in [6.45, 7) is 4.03. The summed E-state index contributed by atoms with van der Waals surface area (Å²) in [5.41, 5.74) is 1.76. The molecule has 0 spiro atoms. The minimum atomic E-state index is -0.981. The largest absolute Gasteiger partial charge is 0.480 e. The molecule has 0 heterocycles. The van der Waals surface area contributed by atoms with Crippen molar-refractivity contribution in [2.45, 2.75) is 26.7 Å². The molecule has 0 saturated heterocycles. The van der Waals surface area contributed by atoms with Crippen LogP contribution in [0.1, 0.15) is 25.8 Å². The molecule has 0 aliphatic heterocycles. The predicted molar refractivity (Wildman–Crippen MR) is 99.1 cm³/mol. The number of rotatable bonds is 10. The van der Waals surface area contributed by atoms with E-state index in [0.29, 0.717) is 6.54 Å². The maximum Gasteiger partial charge on any atom is 0.317 e. The van der Waals surface area contributed by atoms with E-state index in [9.17, 15) is 14.4 Å². The van der Waals surface area contributed by atoms with Gasteiger partial charge in [0.1, 0.15) is 0 Å². The number of nitrogens with one attached hydrogen (secondary N) is 2. The summed E-state index contributed by atoms with van der Waals surface area (Å²) in [7, 11) is 0. The number of carboxylic acids is 1. The Bertz CT molecular complexity index is 581. The number of amides is 2. The number of carbonyl (C=O) groups is 3. The second kappa shape index (κ2) is 12.3. The van der Waals surface area contributed by atoms with Crippen LogP contribution in [0.25, 0.3) is 0 Å². The van der Waals surface area contributed by atoms with Crippen LogP contribution in [0.4, 0.5) is 5.69 Å². The highest BCUT2D eigenvalue weighted by Gasteiger charge is 2.14. The number of anilines is 1. The van der Waals surface area contributed by atoms with Gasteiger partial charge >= 0.3 is 5.97 Å². The van der Waals surface area contributed by atoms with Crippen molar-refractivity contribution in [2.24, 2.45) is 0 Å². The highest BCUT2D eigenvalue weighted by atomic mass is 35.5. The molecule has 0 saturated carbocycles. The normalized spacial score (nSPS) is 10.0. The average Bonchev–Trinajstić information content (AvgIpc) is 2.53. The average molecular weight is 372 g/mol. The highest BCUT2D eigenvalue weighted by molar-refractivity contribution is 5.95. The topological polar surface area (TPSA) is 98.7 Å². The molecule has 8 heteroatoms. The van der Waals surface area contributed by atoms with Crippen LogP contribution >= 0.6 is 12.4 Å². The van der Waals surface area contributed by atoms with Gasteiger partial charge in [-0.25, -0.2) is 0 Å². The van der Waals surface area contributed by atoms with E-state index in [-0.39, 0.29) is 43.9 Å². The molecular formula is C17H26ClN3O4. The van der Waals surface area contributed by atoms with Gasteiger partial charge in [0.05, 0.1) is 19.6 Å². The van der Waals surface area contributed by atoms with Crippen LogP contribution in [0.3, 0.4) is 0 Å². The maximum absolute atomic E-state index is 11.9. The summed E-state index contributed by atoms with van der Waals surface area (Å²) >= 11 is 0. The Morgan fingerprint density at radius 1 is 1.08 bits per heavy atom. The van der Waals surface area contributed by atoms with Gasteiger partial charge in [-0.3, -0.25) is 19.3 Å². The van der Waals surface area contributed by atoms with Crippen LogP contribution in [0.5, 0.6) is 0 Å². The lowest BCUT2D eigenvalue weighted by Gasteiger charge is -2.18. The Kier molecular flexibility index (Phi) is 11.2. The zero-order valence-corrected chi connectivity index (χ0v) is 15.4. The summed E-state index contributed by atoms with van der Waals surface area (Å²) in [4.78, 5) is 36.1. The minimum absolute atomic E-state index is 0. The predicted octanol–water partition coefficient (Wildman–Crippen LogP) is 1.52. The molecular weight excluding hydrogens is 346 g/mol. The second-order valence-electron chi connectivity index (χ2n) is 5.44. The van der Waals surface area contributed by atoms with Crippen molar-refractivity contribution in [1.29, 1.82) is 0 Å². The van der Waals surface area contributed by atoms with Crippen molar-refractivity contribution in [3.63, 3.8) is 0 Å². The van der Waals surface area contributed by atoms with E-state index in [4.69, 9.17) is 5.11 Å². The van der Waals surface area contributed by atoms with Crippen LogP contribution in [-0.4, -0.2) is 54.0 Å². The van der Waals surface area contributed by atoms with Crippen LogP contribution in [0, 0.1) is 0 Å². The SMILES string of the molecule is CCCN(CC(=O)O)CC(=O)NCC(=O)Nc1ccccc1CC.Cl. The minimum Gasteiger partial charge on any atom is -0.480 e. The molecule has 1 aromatic rings. The first-order chi connectivity index (χ1) is 11.5. The zero-order chi connectivity index (χ0) is 17.9. The number of aryl methyl sites for hydroxylation is 1. The van der Waals surface area contributed by atoms with E-state index in [1.165, 1.54) is 4.90 Å². The van der Waals surface area contributed by atoms with Gasteiger partial charge in [-0.15, -0.1) is 12.4 Å². The Hall–Kier alpha value is -2.12. The van der Waals surface area contributed by atoms with E-state index in [1.54, 1.807) is 0 Å². The van der Waals surface area contributed by atoms with Gasteiger partial charge < -0.3 is 15.7 Å². The smallest absolute Gasteiger partial charge is 0.317 e. The molecule has 25 heavy (non-hydrogen) atoms. The Balaban J connectivity index is 0.00000576. The first-order valence-electron chi connectivity index (χ1n) is 8.04. The quantitative estimate of drug-likeness (QED) is 0.579. The molecule has 140 valence electrons. The summed E-state index contributed by atoms with van der Waals surface area (Å²) in [6, 6.07) is 7.49. The molecule has 1 aromatic carbocycles. The molecule has 3 N–H and O–H groups in total. The molecule has 0 fully saturated rings. The standard InChI is InChI=1S/C17H25N3O4.ClH/c1-3-9-20(12-17(23)24)11-16(22)18-10-15(21)19-14-8-6-5-7-13(14)4-2;/h5-8H,3-4,9-12H2,1-2H3,(H,18,22)(H,19,21)(H,23,24);1H. The number of hydrogen-bond donors (Lipinski definition) is 3. The van der Waals surface area contributed by atoms with Crippen LogP contribution < -0.4 is 10.6 Å². The maximum atomic E-state index is 11.9. The van der Waals surface area contributed by atoms with Gasteiger partial charge in [0.15, 0.2) is 0 Å². The number of hydrogen-bond acceptors (Lipinski definition) is 4. The number of para-hydroxylation sites is 1. The summed E-state index contributed by atoms with van der Waals surface area (Å²) in [5, 5.41) is 14.1. The third-order valence-electron chi connectivity index (χ3n) is 3.38. The van der Waals surface area contributed by atoms with E-state index in [1.807, 2.05) is 38.1 Å². The van der Waals surface area contributed by atoms with Crippen molar-refractivity contribution in [2.75, 3.05) is 31.5 Å². The van der Waals surface area contributed by atoms with Crippen molar-refractivity contribution >= 4 is 35.9 Å². The fraction of sp³-hybridized carbons (Fsp3) is 0.471. The van der Waals surface area contributed by atoms with Crippen molar-refractivity contribution in [3.8, 4) is 0 Å². The number of halogens is 1. The second-order valence-corrected chi connectivity index (χ2v) is 5.44. The first kappa shape index (κ1) is 22.9. The monoisotopic (exact) mass is 371 g/mol. The zero-order valence-electron chi connectivity index (χ0n) is 14.6. The van der Waals surface area contributed by atoms with Crippen LogP contribution in [0.2, 0.25) is 0 Å². The summed E-state index contributed by atoms with van der Waals surface area (Å²) in [5.74, 6) is -1.67. The Labute approximate surface area is 154 Å². The van der Waals surface area contributed by atoms with Crippen LogP contribution in [0.15, 0.2) is 24.3 Å². The fourth-order valence-corrected chi connectivity index (χ4v) is 2.30. The van der Waals surface area contributed by atoms with Gasteiger partial charge in [0.2, 0.25) is 11.8 Å². The summed E-state index contributed by atoms with van der Waals surface area (Å²) < 4.78 is 0. The van der Waals surface area contributed by atoms with E-state index >= 15 is 0 Å². The lowest BCUT2D eigenvalue weighted by Crippen LogP contribution is -2.42. The van der Waals surface area contributed by atoms with Gasteiger partial charge in [-0.1, -0.05) is 32.0 Å². The molecule has 1 rings (SSSR count). The van der Waals surface area contributed by atoms with Crippen molar-refractivity contribution < 1.29 is 19.5 Å². The Morgan fingerprint density at radius 2 is 1.76 bits per heavy atom. The van der Waals surface area contributed by atoms with Crippen LogP contribution in [-0.2, 0) is 20.8 Å². The van der Waals surface area contributed by atoms with Crippen molar-refractivity contribution in [3.05, 3.63) is 29.8 Å². The summed E-state index contributed by atoms with van der Waals surface area (Å²) in [6.07, 6.45) is 1.54. The van der Waals surface area contributed by atoms with E-state index in [2.05, 4.69) is 10.6 Å². The van der Waals surface area contributed by atoms with Gasteiger partial charge in [-0.05, 0) is 31.0 Å².